The highest BCUT2D eigenvalue weighted by molar-refractivity contribution is 6.11. The molecule has 1 heterocycles. The first kappa shape index (κ1) is 40.5. The summed E-state index contributed by atoms with van der Waals surface area (Å²) >= 11 is 0. The van der Waals surface area contributed by atoms with Crippen molar-refractivity contribution < 1.29 is 0 Å². The summed E-state index contributed by atoms with van der Waals surface area (Å²) in [4.78, 5) is 2.44. The number of para-hydroxylation sites is 3. The first-order chi connectivity index (χ1) is 34.0. The minimum absolute atomic E-state index is 0.0669. The lowest BCUT2D eigenvalue weighted by Crippen LogP contribution is -2.14. The first-order valence-electron chi connectivity index (χ1n) is 24.0. The summed E-state index contributed by atoms with van der Waals surface area (Å²) in [6.45, 7) is 4.71. The first-order valence-corrected chi connectivity index (χ1v) is 24.0. The number of benzene rings is 11. The molecule has 0 fully saturated rings. The highest BCUT2D eigenvalue weighted by Gasteiger charge is 2.35. The molecule has 0 saturated carbocycles. The second kappa shape index (κ2) is 16.3. The number of hydrogen-bond donors (Lipinski definition) is 0. The highest BCUT2D eigenvalue weighted by atomic mass is 15.1. The second-order valence-electron chi connectivity index (χ2n) is 18.9. The average Bonchev–Trinajstić information content (AvgIpc) is 3.86. The lowest BCUT2D eigenvalue weighted by Gasteiger charge is -2.29. The fraction of sp³-hybridized carbons (Fsp3) is 0.0448. The van der Waals surface area contributed by atoms with Crippen LogP contribution in [0.15, 0.2) is 255 Å². The molecule has 1 aromatic heterocycles. The third-order valence-electron chi connectivity index (χ3n) is 14.6. The molecule has 0 bridgehead atoms. The Morgan fingerprint density at radius 3 is 1.61 bits per heavy atom. The normalized spacial score (nSPS) is 12.6. The second-order valence-corrected chi connectivity index (χ2v) is 18.9. The quantitative estimate of drug-likeness (QED) is 0.148. The van der Waals surface area contributed by atoms with Gasteiger partial charge in [0.1, 0.15) is 0 Å². The molecule has 1 aliphatic carbocycles. The van der Waals surface area contributed by atoms with Gasteiger partial charge in [0.25, 0.3) is 0 Å². The Bertz CT molecular complexity index is 3890. The van der Waals surface area contributed by atoms with Gasteiger partial charge in [-0.3, -0.25) is 0 Å². The van der Waals surface area contributed by atoms with Crippen LogP contribution in [-0.2, 0) is 5.41 Å². The molecular formula is C67H48N2. The van der Waals surface area contributed by atoms with E-state index < -0.39 is 0 Å². The Morgan fingerprint density at radius 1 is 0.333 bits per heavy atom. The van der Waals surface area contributed by atoms with Crippen LogP contribution < -0.4 is 4.90 Å². The number of anilines is 3. The van der Waals surface area contributed by atoms with Crippen molar-refractivity contribution in [3.63, 3.8) is 0 Å². The van der Waals surface area contributed by atoms with Gasteiger partial charge < -0.3 is 9.47 Å². The molecule has 0 unspecified atom stereocenters. The molecule has 69 heavy (non-hydrogen) atoms. The maximum atomic E-state index is 2.44. The fourth-order valence-electron chi connectivity index (χ4n) is 11.2. The Morgan fingerprint density at radius 2 is 0.870 bits per heavy atom. The van der Waals surface area contributed by atoms with Gasteiger partial charge in [-0.05, 0) is 133 Å². The van der Waals surface area contributed by atoms with Crippen LogP contribution in [0.2, 0.25) is 0 Å². The van der Waals surface area contributed by atoms with Crippen molar-refractivity contribution in [3.05, 3.63) is 266 Å². The molecule has 2 heteroatoms. The van der Waals surface area contributed by atoms with Gasteiger partial charge in [-0.25, -0.2) is 0 Å². The van der Waals surface area contributed by atoms with Gasteiger partial charge >= 0.3 is 0 Å². The fourth-order valence-corrected chi connectivity index (χ4v) is 11.2. The molecule has 0 N–H and O–H groups in total. The highest BCUT2D eigenvalue weighted by Crippen LogP contribution is 2.50. The van der Waals surface area contributed by atoms with Gasteiger partial charge in [-0.1, -0.05) is 208 Å². The van der Waals surface area contributed by atoms with Crippen LogP contribution in [0.1, 0.15) is 25.0 Å². The summed E-state index contributed by atoms with van der Waals surface area (Å²) < 4.78 is 2.39. The predicted molar refractivity (Wildman–Crippen MR) is 292 cm³/mol. The zero-order chi connectivity index (χ0) is 46.1. The van der Waals surface area contributed by atoms with E-state index in [4.69, 9.17) is 0 Å². The molecule has 0 spiro atoms. The molecule has 1 aliphatic rings. The smallest absolute Gasteiger partial charge is 0.0547 e. The van der Waals surface area contributed by atoms with Crippen molar-refractivity contribution in [1.29, 1.82) is 0 Å². The molecule has 0 aliphatic heterocycles. The topological polar surface area (TPSA) is 8.17 Å². The van der Waals surface area contributed by atoms with Gasteiger partial charge in [0.2, 0.25) is 0 Å². The van der Waals surface area contributed by atoms with Crippen molar-refractivity contribution in [2.75, 3.05) is 4.90 Å². The van der Waals surface area contributed by atoms with Gasteiger partial charge in [0.15, 0.2) is 0 Å². The summed E-state index contributed by atoms with van der Waals surface area (Å²) in [7, 11) is 0. The van der Waals surface area contributed by atoms with E-state index in [1.165, 1.54) is 93.8 Å². The van der Waals surface area contributed by atoms with Crippen LogP contribution in [0.3, 0.4) is 0 Å². The standard InChI is InChI=1S/C67H48N2/c1-67(2)61-28-12-9-23-55(61)56-41-35-49(43-62(56)67)45-31-37-52(38-32-45)68(63-29-13-11-25-58(63)60-27-16-20-48-19-15-26-54(66(48)60)47-17-5-3-6-18-47)53-39-33-46(34-40-53)50-36-42-59-57-24-10-14-30-64(57)69(65(59)44-50)51-21-7-4-8-22-51/h3-44H,1-2H3. The third kappa shape index (κ3) is 6.71. The van der Waals surface area contributed by atoms with E-state index in [9.17, 15) is 0 Å². The molecular weight excluding hydrogens is 833 g/mol. The molecule has 326 valence electrons. The van der Waals surface area contributed by atoms with Crippen LogP contribution in [0.4, 0.5) is 17.1 Å². The monoisotopic (exact) mass is 880 g/mol. The van der Waals surface area contributed by atoms with Crippen molar-refractivity contribution in [2.45, 2.75) is 19.3 Å². The molecule has 0 radical (unpaired) electrons. The van der Waals surface area contributed by atoms with Crippen LogP contribution in [0.25, 0.3) is 93.9 Å². The van der Waals surface area contributed by atoms with Gasteiger partial charge in [0.05, 0.1) is 16.7 Å². The van der Waals surface area contributed by atoms with E-state index in [1.807, 2.05) is 0 Å². The van der Waals surface area contributed by atoms with E-state index >= 15 is 0 Å². The molecule has 13 rings (SSSR count). The third-order valence-corrected chi connectivity index (χ3v) is 14.6. The van der Waals surface area contributed by atoms with E-state index in [0.29, 0.717) is 0 Å². The summed E-state index contributed by atoms with van der Waals surface area (Å²) in [5, 5.41) is 4.96. The Kier molecular flexibility index (Phi) is 9.55. The lowest BCUT2D eigenvalue weighted by atomic mass is 9.81. The predicted octanol–water partition coefficient (Wildman–Crippen LogP) is 18.4. The molecule has 12 aromatic rings. The minimum Gasteiger partial charge on any atom is -0.310 e. The number of nitrogens with zero attached hydrogens (tertiary/aromatic N) is 2. The molecule has 2 nitrogen and oxygen atoms in total. The zero-order valence-corrected chi connectivity index (χ0v) is 38.6. The summed E-state index contributed by atoms with van der Waals surface area (Å²) in [6.07, 6.45) is 0. The maximum absolute atomic E-state index is 2.44. The lowest BCUT2D eigenvalue weighted by molar-refractivity contribution is 0.660. The van der Waals surface area contributed by atoms with Crippen LogP contribution >= 0.6 is 0 Å². The SMILES string of the molecule is CC1(C)c2ccccc2-c2ccc(-c3ccc(N(c4ccc(-c5ccc6c7ccccc7n(-c7ccccc7)c6c5)cc4)c4ccccc4-c4cccc5cccc(-c6ccccc6)c45)cc3)cc21. The van der Waals surface area contributed by atoms with E-state index in [-0.39, 0.29) is 5.41 Å². The summed E-state index contributed by atoms with van der Waals surface area (Å²) in [6, 6.07) is 93.6. The van der Waals surface area contributed by atoms with Crippen LogP contribution in [0, 0.1) is 0 Å². The Balaban J connectivity index is 0.947. The maximum Gasteiger partial charge on any atom is 0.0547 e. The number of hydrogen-bond acceptors (Lipinski definition) is 1. The van der Waals surface area contributed by atoms with Gasteiger partial charge in [0, 0.05) is 38.8 Å². The number of fused-ring (bicyclic) bond motifs is 7. The van der Waals surface area contributed by atoms with E-state index in [0.717, 1.165) is 28.3 Å². The average molecular weight is 881 g/mol. The van der Waals surface area contributed by atoms with E-state index in [2.05, 4.69) is 278 Å². The number of aromatic nitrogens is 1. The van der Waals surface area contributed by atoms with Crippen LogP contribution in [-0.4, -0.2) is 4.57 Å². The molecule has 0 atom stereocenters. The number of rotatable bonds is 8. The van der Waals surface area contributed by atoms with Crippen molar-refractivity contribution >= 4 is 49.6 Å². The minimum atomic E-state index is -0.0669. The zero-order valence-electron chi connectivity index (χ0n) is 38.6. The van der Waals surface area contributed by atoms with Crippen LogP contribution in [0.5, 0.6) is 0 Å². The molecule has 11 aromatic carbocycles. The van der Waals surface area contributed by atoms with Crippen molar-refractivity contribution in [2.24, 2.45) is 0 Å². The van der Waals surface area contributed by atoms with Gasteiger partial charge in [-0.15, -0.1) is 0 Å². The summed E-state index contributed by atoms with van der Waals surface area (Å²) in [5.41, 5.74) is 21.8. The van der Waals surface area contributed by atoms with E-state index in [1.54, 1.807) is 0 Å². The van der Waals surface area contributed by atoms with Gasteiger partial charge in [-0.2, -0.15) is 0 Å². The Labute approximate surface area is 403 Å². The summed E-state index contributed by atoms with van der Waals surface area (Å²) in [5.74, 6) is 0. The molecule has 0 saturated heterocycles. The van der Waals surface area contributed by atoms with Crippen molar-refractivity contribution in [1.82, 2.24) is 4.57 Å². The molecule has 0 amide bonds. The Hall–Kier alpha value is -8.72. The largest absolute Gasteiger partial charge is 0.310 e. The van der Waals surface area contributed by atoms with Crippen molar-refractivity contribution in [3.8, 4) is 61.3 Å².